The van der Waals surface area contributed by atoms with Crippen LogP contribution in [-0.4, -0.2) is 32.2 Å². The van der Waals surface area contributed by atoms with Gasteiger partial charge in [-0.25, -0.2) is 0 Å². The highest BCUT2D eigenvalue weighted by Crippen LogP contribution is 2.36. The van der Waals surface area contributed by atoms with Crippen LogP contribution >= 0.6 is 11.6 Å². The van der Waals surface area contributed by atoms with E-state index >= 15 is 0 Å². The van der Waals surface area contributed by atoms with Crippen molar-refractivity contribution < 1.29 is 19.0 Å². The van der Waals surface area contributed by atoms with Gasteiger partial charge >= 0.3 is 0 Å². The molecule has 1 fully saturated rings. The Morgan fingerprint density at radius 1 is 1.16 bits per heavy atom. The predicted octanol–water partition coefficient (Wildman–Crippen LogP) is 2.72. The molecule has 2 aliphatic rings. The van der Waals surface area contributed by atoms with Crippen molar-refractivity contribution in [3.05, 3.63) is 22.7 Å². The van der Waals surface area contributed by atoms with Crippen LogP contribution in [0.2, 0.25) is 5.02 Å². The fourth-order valence-corrected chi connectivity index (χ4v) is 2.67. The van der Waals surface area contributed by atoms with Crippen LogP contribution in [0.3, 0.4) is 0 Å². The van der Waals surface area contributed by atoms with Crippen LogP contribution in [0.1, 0.15) is 23.2 Å². The van der Waals surface area contributed by atoms with Crippen LogP contribution < -0.4 is 9.47 Å². The average molecular weight is 283 g/mol. The maximum absolute atomic E-state index is 12.4. The normalized spacial score (nSPS) is 22.1. The monoisotopic (exact) mass is 282 g/mol. The second kappa shape index (κ2) is 5.39. The molecule has 102 valence electrons. The molecule has 1 atom stereocenters. The van der Waals surface area contributed by atoms with E-state index in [2.05, 4.69) is 0 Å². The van der Waals surface area contributed by atoms with Crippen molar-refractivity contribution in [3.8, 4) is 11.5 Å². The summed E-state index contributed by atoms with van der Waals surface area (Å²) < 4.78 is 16.3. The summed E-state index contributed by atoms with van der Waals surface area (Å²) in [5.41, 5.74) is 0.501. The van der Waals surface area contributed by atoms with Gasteiger partial charge in [-0.15, -0.1) is 0 Å². The topological polar surface area (TPSA) is 44.8 Å². The van der Waals surface area contributed by atoms with Crippen molar-refractivity contribution >= 4 is 17.4 Å². The van der Waals surface area contributed by atoms with E-state index in [4.69, 9.17) is 25.8 Å². The zero-order chi connectivity index (χ0) is 13.2. The number of rotatable bonds is 2. The van der Waals surface area contributed by atoms with E-state index in [0.29, 0.717) is 41.9 Å². The third kappa shape index (κ3) is 2.55. The Bertz CT molecular complexity index is 494. The quantitative estimate of drug-likeness (QED) is 0.783. The summed E-state index contributed by atoms with van der Waals surface area (Å²) in [5, 5.41) is 0.417. The Morgan fingerprint density at radius 3 is 2.58 bits per heavy atom. The molecule has 0 amide bonds. The number of ketones is 1. The molecule has 1 aromatic rings. The Kier molecular flexibility index (Phi) is 3.62. The lowest BCUT2D eigenvalue weighted by atomic mass is 9.92. The second-order valence-corrected chi connectivity index (χ2v) is 5.16. The van der Waals surface area contributed by atoms with Crippen molar-refractivity contribution in [1.82, 2.24) is 0 Å². The van der Waals surface area contributed by atoms with Crippen LogP contribution in [0.5, 0.6) is 11.5 Å². The number of carbonyl (C=O) groups excluding carboxylic acids is 1. The van der Waals surface area contributed by atoms with Gasteiger partial charge < -0.3 is 14.2 Å². The second-order valence-electron chi connectivity index (χ2n) is 4.75. The standard InChI is InChI=1S/C14H15ClO4/c15-11-7-13-12(18-4-5-19-13)6-10(11)14(16)9-2-1-3-17-8-9/h6-7,9H,1-5,8H2. The van der Waals surface area contributed by atoms with Gasteiger partial charge in [0.1, 0.15) is 13.2 Å². The Balaban J connectivity index is 1.89. The van der Waals surface area contributed by atoms with Gasteiger partial charge in [-0.05, 0) is 18.9 Å². The summed E-state index contributed by atoms with van der Waals surface area (Å²) in [7, 11) is 0. The number of hydrogen-bond donors (Lipinski definition) is 0. The summed E-state index contributed by atoms with van der Waals surface area (Å²) in [6.45, 7) is 2.21. The summed E-state index contributed by atoms with van der Waals surface area (Å²) in [6, 6.07) is 3.35. The van der Waals surface area contributed by atoms with E-state index in [1.807, 2.05) is 0 Å². The van der Waals surface area contributed by atoms with Gasteiger partial charge in [0, 0.05) is 24.2 Å². The molecular formula is C14H15ClO4. The van der Waals surface area contributed by atoms with Crippen LogP contribution in [0, 0.1) is 5.92 Å². The van der Waals surface area contributed by atoms with E-state index in [0.717, 1.165) is 19.4 Å². The maximum Gasteiger partial charge on any atom is 0.169 e. The number of halogens is 1. The molecule has 1 aromatic carbocycles. The van der Waals surface area contributed by atoms with Crippen LogP contribution in [0.4, 0.5) is 0 Å². The van der Waals surface area contributed by atoms with Gasteiger partial charge in [-0.1, -0.05) is 11.6 Å². The van der Waals surface area contributed by atoms with Gasteiger partial charge in [-0.3, -0.25) is 4.79 Å². The Morgan fingerprint density at radius 2 is 1.89 bits per heavy atom. The SMILES string of the molecule is O=C(c1cc2c(cc1Cl)OCCO2)C1CCCOC1. The molecular weight excluding hydrogens is 268 g/mol. The molecule has 19 heavy (non-hydrogen) atoms. The average Bonchev–Trinajstić information content (AvgIpc) is 2.47. The molecule has 0 N–H and O–H groups in total. The smallest absolute Gasteiger partial charge is 0.169 e. The first-order valence-electron chi connectivity index (χ1n) is 6.47. The molecule has 0 saturated carbocycles. The van der Waals surface area contributed by atoms with E-state index in [1.54, 1.807) is 12.1 Å². The minimum absolute atomic E-state index is 0.0293. The van der Waals surface area contributed by atoms with Gasteiger partial charge in [-0.2, -0.15) is 0 Å². The molecule has 0 spiro atoms. The molecule has 0 aromatic heterocycles. The van der Waals surface area contributed by atoms with E-state index in [-0.39, 0.29) is 11.7 Å². The zero-order valence-corrected chi connectivity index (χ0v) is 11.2. The zero-order valence-electron chi connectivity index (χ0n) is 10.5. The molecule has 0 radical (unpaired) electrons. The number of hydrogen-bond acceptors (Lipinski definition) is 4. The summed E-state index contributed by atoms with van der Waals surface area (Å²) in [5.74, 6) is 1.12. The fourth-order valence-electron chi connectivity index (χ4n) is 2.42. The summed E-state index contributed by atoms with van der Waals surface area (Å²) in [6.07, 6.45) is 1.77. The van der Waals surface area contributed by atoms with E-state index in [9.17, 15) is 4.79 Å². The molecule has 1 saturated heterocycles. The molecule has 4 nitrogen and oxygen atoms in total. The molecule has 2 aliphatic heterocycles. The van der Waals surface area contributed by atoms with Crippen molar-refractivity contribution in [3.63, 3.8) is 0 Å². The maximum atomic E-state index is 12.4. The molecule has 2 heterocycles. The number of Topliss-reactive ketones (excluding diaryl/α,β-unsaturated/α-hetero) is 1. The first-order chi connectivity index (χ1) is 9.25. The highest BCUT2D eigenvalue weighted by molar-refractivity contribution is 6.34. The minimum atomic E-state index is -0.103. The highest BCUT2D eigenvalue weighted by Gasteiger charge is 2.26. The summed E-state index contributed by atoms with van der Waals surface area (Å²) >= 11 is 6.18. The van der Waals surface area contributed by atoms with Crippen molar-refractivity contribution in [2.75, 3.05) is 26.4 Å². The van der Waals surface area contributed by atoms with Crippen molar-refractivity contribution in [2.45, 2.75) is 12.8 Å². The van der Waals surface area contributed by atoms with E-state index < -0.39 is 0 Å². The van der Waals surface area contributed by atoms with Crippen LogP contribution in [-0.2, 0) is 4.74 Å². The van der Waals surface area contributed by atoms with Gasteiger partial charge in [0.2, 0.25) is 0 Å². The Hall–Kier alpha value is -1.26. The van der Waals surface area contributed by atoms with Crippen molar-refractivity contribution in [1.29, 1.82) is 0 Å². The van der Waals surface area contributed by atoms with E-state index in [1.165, 1.54) is 0 Å². The highest BCUT2D eigenvalue weighted by atomic mass is 35.5. The van der Waals surface area contributed by atoms with Crippen LogP contribution in [0.15, 0.2) is 12.1 Å². The summed E-state index contributed by atoms with van der Waals surface area (Å²) in [4.78, 5) is 12.4. The largest absolute Gasteiger partial charge is 0.486 e. The molecule has 0 bridgehead atoms. The fraction of sp³-hybridized carbons (Fsp3) is 0.500. The molecule has 0 aliphatic carbocycles. The lowest BCUT2D eigenvalue weighted by molar-refractivity contribution is 0.0461. The van der Waals surface area contributed by atoms with Crippen molar-refractivity contribution in [2.24, 2.45) is 5.92 Å². The first-order valence-corrected chi connectivity index (χ1v) is 6.84. The van der Waals surface area contributed by atoms with Gasteiger partial charge in [0.25, 0.3) is 0 Å². The van der Waals surface area contributed by atoms with Gasteiger partial charge in [0.05, 0.1) is 11.6 Å². The lowest BCUT2D eigenvalue weighted by Crippen LogP contribution is -2.26. The molecule has 1 unspecified atom stereocenters. The minimum Gasteiger partial charge on any atom is -0.486 e. The first kappa shape index (κ1) is 12.8. The number of ether oxygens (including phenoxy) is 3. The molecule has 5 heteroatoms. The molecule has 3 rings (SSSR count). The lowest BCUT2D eigenvalue weighted by Gasteiger charge is -2.23. The Labute approximate surface area is 116 Å². The third-order valence-corrected chi connectivity index (χ3v) is 3.74. The van der Waals surface area contributed by atoms with Crippen LogP contribution in [0.25, 0.3) is 0 Å². The number of fused-ring (bicyclic) bond motifs is 1. The van der Waals surface area contributed by atoms with Gasteiger partial charge in [0.15, 0.2) is 17.3 Å². The third-order valence-electron chi connectivity index (χ3n) is 3.43. The number of carbonyl (C=O) groups is 1. The predicted molar refractivity (Wildman–Crippen MR) is 70.3 cm³/mol. The number of benzene rings is 1.